The molecule has 0 spiro atoms. The van der Waals surface area contributed by atoms with Gasteiger partial charge in [-0.3, -0.25) is 0 Å². The minimum atomic E-state index is 0.778. The molecule has 0 radical (unpaired) electrons. The first kappa shape index (κ1) is 11.0. The fraction of sp³-hybridized carbons (Fsp3) is 0.250. The number of nitrogens with one attached hydrogen (secondary N) is 1. The molecule has 2 rings (SSSR count). The van der Waals surface area contributed by atoms with Crippen molar-refractivity contribution in [1.82, 2.24) is 4.98 Å². The minimum absolute atomic E-state index is 0.778. The Hall–Kier alpha value is -1.55. The van der Waals surface area contributed by atoms with Gasteiger partial charge in [0, 0.05) is 27.7 Å². The third-order valence-electron chi connectivity index (χ3n) is 2.38. The first-order valence-corrected chi connectivity index (χ1v) is 5.98. The molecule has 0 saturated heterocycles. The lowest BCUT2D eigenvalue weighted by atomic mass is 10.2. The molecule has 0 aliphatic rings. The van der Waals surface area contributed by atoms with E-state index in [4.69, 9.17) is 5.73 Å². The number of nitrogen functional groups attached to an aromatic ring is 1. The smallest absolute Gasteiger partial charge is 0.128 e. The van der Waals surface area contributed by atoms with Gasteiger partial charge in [-0.1, -0.05) is 0 Å². The second-order valence-corrected chi connectivity index (χ2v) is 5.16. The molecule has 0 amide bonds. The summed E-state index contributed by atoms with van der Waals surface area (Å²) in [6.45, 7) is 4.86. The van der Waals surface area contributed by atoms with Crippen LogP contribution in [0.25, 0.3) is 0 Å². The van der Waals surface area contributed by atoms with Crippen LogP contribution in [-0.2, 0) is 6.54 Å². The Morgan fingerprint density at radius 1 is 1.38 bits per heavy atom. The van der Waals surface area contributed by atoms with Crippen LogP contribution < -0.4 is 11.1 Å². The Morgan fingerprint density at radius 3 is 2.81 bits per heavy atom. The average Bonchev–Trinajstić information content (AvgIpc) is 2.66. The van der Waals surface area contributed by atoms with Gasteiger partial charge in [0.2, 0.25) is 0 Å². The van der Waals surface area contributed by atoms with Gasteiger partial charge >= 0.3 is 0 Å². The lowest BCUT2D eigenvalue weighted by Crippen LogP contribution is -2.01. The number of nitrogens with zero attached hydrogens (tertiary/aromatic N) is 1. The summed E-state index contributed by atoms with van der Waals surface area (Å²) < 4.78 is 0. The zero-order valence-electron chi connectivity index (χ0n) is 9.45. The van der Waals surface area contributed by atoms with Crippen LogP contribution in [0.15, 0.2) is 24.4 Å². The predicted octanol–water partition coefficient (Wildman–Crippen LogP) is 2.95. The summed E-state index contributed by atoms with van der Waals surface area (Å²) in [5.41, 5.74) is 7.61. The van der Waals surface area contributed by atoms with Crippen molar-refractivity contribution in [1.29, 1.82) is 0 Å². The lowest BCUT2D eigenvalue weighted by Gasteiger charge is -2.06. The molecule has 84 valence electrons. The quantitative estimate of drug-likeness (QED) is 0.857. The molecule has 0 bridgehead atoms. The zero-order chi connectivity index (χ0) is 11.5. The van der Waals surface area contributed by atoms with Crippen LogP contribution in [0.3, 0.4) is 0 Å². The second-order valence-electron chi connectivity index (χ2n) is 3.79. The largest absolute Gasteiger partial charge is 0.398 e. The van der Waals surface area contributed by atoms with Gasteiger partial charge in [-0.15, -0.1) is 11.3 Å². The number of rotatable bonds is 3. The van der Waals surface area contributed by atoms with E-state index in [9.17, 15) is 0 Å². The molecule has 0 unspecified atom stereocenters. The highest BCUT2D eigenvalue weighted by molar-refractivity contribution is 7.11. The van der Waals surface area contributed by atoms with Crippen LogP contribution >= 0.6 is 11.3 Å². The molecular formula is C12H15N3S. The molecule has 0 atom stereocenters. The SMILES string of the molecule is Cc1ccc(CNc2cc(N)c(C)cn2)s1. The third kappa shape index (κ3) is 2.52. The normalized spacial score (nSPS) is 10.4. The summed E-state index contributed by atoms with van der Waals surface area (Å²) in [4.78, 5) is 6.91. The van der Waals surface area contributed by atoms with Gasteiger partial charge in [0.15, 0.2) is 0 Å². The topological polar surface area (TPSA) is 50.9 Å². The summed E-state index contributed by atoms with van der Waals surface area (Å²) >= 11 is 1.79. The zero-order valence-corrected chi connectivity index (χ0v) is 10.3. The molecule has 16 heavy (non-hydrogen) atoms. The Balaban J connectivity index is 2.02. The number of thiophene rings is 1. The maximum absolute atomic E-state index is 5.82. The van der Waals surface area contributed by atoms with Crippen molar-refractivity contribution in [3.8, 4) is 0 Å². The van der Waals surface area contributed by atoms with Gasteiger partial charge < -0.3 is 11.1 Å². The van der Waals surface area contributed by atoms with Gasteiger partial charge in [0.25, 0.3) is 0 Å². The maximum atomic E-state index is 5.82. The van der Waals surface area contributed by atoms with E-state index < -0.39 is 0 Å². The summed E-state index contributed by atoms with van der Waals surface area (Å²) in [5.74, 6) is 0.828. The molecule has 0 aromatic carbocycles. The van der Waals surface area contributed by atoms with Crippen LogP contribution in [-0.4, -0.2) is 4.98 Å². The highest BCUT2D eigenvalue weighted by atomic mass is 32.1. The number of pyridine rings is 1. The van der Waals surface area contributed by atoms with E-state index >= 15 is 0 Å². The Kier molecular flexibility index (Phi) is 3.10. The van der Waals surface area contributed by atoms with E-state index in [1.807, 2.05) is 13.0 Å². The number of hydrogen-bond acceptors (Lipinski definition) is 4. The van der Waals surface area contributed by atoms with E-state index in [0.29, 0.717) is 0 Å². The highest BCUT2D eigenvalue weighted by Crippen LogP contribution is 2.18. The number of nitrogens with two attached hydrogens (primary N) is 1. The second kappa shape index (κ2) is 4.53. The molecule has 0 aliphatic heterocycles. The van der Waals surface area contributed by atoms with Gasteiger partial charge in [0.05, 0.1) is 6.54 Å². The molecule has 2 aromatic heterocycles. The Bertz CT molecular complexity index is 491. The summed E-state index contributed by atoms with van der Waals surface area (Å²) in [5, 5.41) is 3.26. The van der Waals surface area contributed by atoms with E-state index in [2.05, 4.69) is 29.4 Å². The van der Waals surface area contributed by atoms with Crippen LogP contribution in [0.2, 0.25) is 0 Å². The molecule has 3 N–H and O–H groups in total. The van der Waals surface area contributed by atoms with E-state index in [0.717, 1.165) is 23.6 Å². The Morgan fingerprint density at radius 2 is 2.19 bits per heavy atom. The maximum Gasteiger partial charge on any atom is 0.128 e. The average molecular weight is 233 g/mol. The summed E-state index contributed by atoms with van der Waals surface area (Å²) in [7, 11) is 0. The first-order valence-electron chi connectivity index (χ1n) is 5.16. The number of hydrogen-bond donors (Lipinski definition) is 2. The fourth-order valence-electron chi connectivity index (χ4n) is 1.39. The third-order valence-corrected chi connectivity index (χ3v) is 3.39. The summed E-state index contributed by atoms with van der Waals surface area (Å²) in [6, 6.07) is 6.12. The predicted molar refractivity (Wildman–Crippen MR) is 69.8 cm³/mol. The lowest BCUT2D eigenvalue weighted by molar-refractivity contribution is 1.13. The number of aromatic nitrogens is 1. The monoisotopic (exact) mass is 233 g/mol. The van der Waals surface area contributed by atoms with Gasteiger partial charge in [-0.2, -0.15) is 0 Å². The molecule has 2 aromatic rings. The Labute approximate surface area is 99.3 Å². The molecule has 0 fully saturated rings. The van der Waals surface area contributed by atoms with Crippen molar-refractivity contribution in [3.05, 3.63) is 39.7 Å². The van der Waals surface area contributed by atoms with Crippen molar-refractivity contribution >= 4 is 22.8 Å². The van der Waals surface area contributed by atoms with Crippen molar-refractivity contribution < 1.29 is 0 Å². The van der Waals surface area contributed by atoms with E-state index in [1.165, 1.54) is 9.75 Å². The number of anilines is 2. The molecular weight excluding hydrogens is 218 g/mol. The van der Waals surface area contributed by atoms with Crippen LogP contribution in [0, 0.1) is 13.8 Å². The fourth-order valence-corrected chi connectivity index (χ4v) is 2.22. The van der Waals surface area contributed by atoms with Crippen molar-refractivity contribution in [2.75, 3.05) is 11.1 Å². The summed E-state index contributed by atoms with van der Waals surface area (Å²) in [6.07, 6.45) is 1.79. The van der Waals surface area contributed by atoms with Crippen LogP contribution in [0.5, 0.6) is 0 Å². The van der Waals surface area contributed by atoms with E-state index in [1.54, 1.807) is 17.5 Å². The molecule has 3 nitrogen and oxygen atoms in total. The van der Waals surface area contributed by atoms with Gasteiger partial charge in [0.1, 0.15) is 5.82 Å². The standard InChI is InChI=1S/C12H15N3S/c1-8-6-14-12(5-11(8)13)15-7-10-4-3-9(2)16-10/h3-6H,7H2,1-2H3,(H3,13,14,15). The van der Waals surface area contributed by atoms with Crippen molar-refractivity contribution in [3.63, 3.8) is 0 Å². The molecule has 4 heteroatoms. The molecule has 0 aliphatic carbocycles. The van der Waals surface area contributed by atoms with E-state index in [-0.39, 0.29) is 0 Å². The highest BCUT2D eigenvalue weighted by Gasteiger charge is 2.00. The van der Waals surface area contributed by atoms with Gasteiger partial charge in [-0.25, -0.2) is 4.98 Å². The van der Waals surface area contributed by atoms with Crippen LogP contribution in [0.1, 0.15) is 15.3 Å². The van der Waals surface area contributed by atoms with Crippen molar-refractivity contribution in [2.24, 2.45) is 0 Å². The molecule has 0 saturated carbocycles. The van der Waals surface area contributed by atoms with Crippen LogP contribution in [0.4, 0.5) is 11.5 Å². The first-order chi connectivity index (χ1) is 7.65. The minimum Gasteiger partial charge on any atom is -0.398 e. The number of aryl methyl sites for hydroxylation is 2. The van der Waals surface area contributed by atoms with Crippen molar-refractivity contribution in [2.45, 2.75) is 20.4 Å². The molecule has 2 heterocycles. The van der Waals surface area contributed by atoms with Gasteiger partial charge in [-0.05, 0) is 31.5 Å².